The van der Waals surface area contributed by atoms with E-state index in [1.165, 1.54) is 24.2 Å². The Morgan fingerprint density at radius 3 is 2.96 bits per heavy atom. The molecule has 2 aromatic heterocycles. The number of fused-ring (bicyclic) bond motifs is 2. The Morgan fingerprint density at radius 1 is 1.17 bits per heavy atom. The lowest BCUT2D eigenvalue weighted by Gasteiger charge is -2.28. The molecule has 2 aliphatic rings. The summed E-state index contributed by atoms with van der Waals surface area (Å²) in [5, 5.41) is 10.7. The maximum Gasteiger partial charge on any atom is 0.147 e. The fourth-order valence-electron chi connectivity index (χ4n) is 3.60. The van der Waals surface area contributed by atoms with Crippen molar-refractivity contribution in [3.05, 3.63) is 52.7 Å². The van der Waals surface area contributed by atoms with Crippen LogP contribution in [-0.2, 0) is 19.6 Å². The number of hydrogen-bond donors (Lipinski definition) is 0. The standard InChI is InChI=1S/C18H18ClN5/c19-15-8-13-2-1-5-20-17(13)14(9-15)10-23-6-7-24-16(11-23)21-22-18(24)12-3-4-12/h1-2,5,8-9,12H,3-4,6-7,10-11H2. The van der Waals surface area contributed by atoms with Gasteiger partial charge in [0.05, 0.1) is 12.1 Å². The van der Waals surface area contributed by atoms with Gasteiger partial charge in [-0.15, -0.1) is 10.2 Å². The van der Waals surface area contributed by atoms with Crippen molar-refractivity contribution >= 4 is 22.5 Å². The summed E-state index contributed by atoms with van der Waals surface area (Å²) in [4.78, 5) is 6.95. The molecule has 0 N–H and O–H groups in total. The average Bonchev–Trinajstić information content (AvgIpc) is 3.34. The van der Waals surface area contributed by atoms with E-state index in [1.54, 1.807) is 0 Å². The number of benzene rings is 1. The highest BCUT2D eigenvalue weighted by atomic mass is 35.5. The molecule has 0 unspecified atom stereocenters. The molecular formula is C18H18ClN5. The zero-order valence-electron chi connectivity index (χ0n) is 13.3. The van der Waals surface area contributed by atoms with Crippen LogP contribution in [0, 0.1) is 0 Å². The number of rotatable bonds is 3. The predicted octanol–water partition coefficient (Wildman–Crippen LogP) is 3.37. The summed E-state index contributed by atoms with van der Waals surface area (Å²) < 4.78 is 2.32. The smallest absolute Gasteiger partial charge is 0.147 e. The van der Waals surface area contributed by atoms with Crippen LogP contribution in [0.25, 0.3) is 10.9 Å². The fourth-order valence-corrected chi connectivity index (χ4v) is 3.85. The molecule has 0 radical (unpaired) electrons. The molecule has 5 nitrogen and oxygen atoms in total. The fraction of sp³-hybridized carbons (Fsp3) is 0.389. The van der Waals surface area contributed by atoms with Crippen molar-refractivity contribution in [3.63, 3.8) is 0 Å². The molecule has 1 fully saturated rings. The molecule has 6 heteroatoms. The number of hydrogen-bond acceptors (Lipinski definition) is 4. The van der Waals surface area contributed by atoms with E-state index in [2.05, 4.69) is 30.7 Å². The second kappa shape index (κ2) is 5.53. The topological polar surface area (TPSA) is 46.8 Å². The number of aromatic nitrogens is 4. The summed E-state index contributed by atoms with van der Waals surface area (Å²) >= 11 is 6.29. The van der Waals surface area contributed by atoms with Crippen LogP contribution >= 0.6 is 11.6 Å². The van der Waals surface area contributed by atoms with E-state index < -0.39 is 0 Å². The molecule has 1 aliphatic carbocycles. The van der Waals surface area contributed by atoms with Gasteiger partial charge in [-0.3, -0.25) is 9.88 Å². The normalized spacial score (nSPS) is 18.0. The van der Waals surface area contributed by atoms with Crippen LogP contribution in [0.3, 0.4) is 0 Å². The molecule has 0 spiro atoms. The third kappa shape index (κ3) is 2.48. The van der Waals surface area contributed by atoms with Crippen molar-refractivity contribution in [3.8, 4) is 0 Å². The van der Waals surface area contributed by atoms with Crippen molar-refractivity contribution in [2.45, 2.75) is 38.4 Å². The number of halogens is 1. The second-order valence-corrected chi connectivity index (χ2v) is 7.19. The molecule has 5 rings (SSSR count). The van der Waals surface area contributed by atoms with E-state index in [9.17, 15) is 0 Å². The van der Waals surface area contributed by atoms with Gasteiger partial charge in [0.2, 0.25) is 0 Å². The molecule has 3 aromatic rings. The van der Waals surface area contributed by atoms with Crippen molar-refractivity contribution in [2.24, 2.45) is 0 Å². The minimum absolute atomic E-state index is 0.652. The van der Waals surface area contributed by atoms with Gasteiger partial charge in [-0.1, -0.05) is 17.7 Å². The van der Waals surface area contributed by atoms with Crippen LogP contribution in [0.1, 0.15) is 36.0 Å². The molecule has 0 atom stereocenters. The first-order valence-electron chi connectivity index (χ1n) is 8.45. The molecule has 24 heavy (non-hydrogen) atoms. The Morgan fingerprint density at radius 2 is 2.08 bits per heavy atom. The summed E-state index contributed by atoms with van der Waals surface area (Å²) in [5.41, 5.74) is 2.21. The van der Waals surface area contributed by atoms with Crippen molar-refractivity contribution in [1.82, 2.24) is 24.6 Å². The molecule has 1 saturated carbocycles. The molecule has 0 saturated heterocycles. The Labute approximate surface area is 145 Å². The quantitative estimate of drug-likeness (QED) is 0.734. The van der Waals surface area contributed by atoms with Gasteiger partial charge >= 0.3 is 0 Å². The van der Waals surface area contributed by atoms with Crippen LogP contribution in [0.2, 0.25) is 5.02 Å². The van der Waals surface area contributed by atoms with Crippen LogP contribution in [0.5, 0.6) is 0 Å². The molecule has 1 aromatic carbocycles. The lowest BCUT2D eigenvalue weighted by atomic mass is 10.1. The van der Waals surface area contributed by atoms with E-state index in [0.29, 0.717) is 5.92 Å². The lowest BCUT2D eigenvalue weighted by Crippen LogP contribution is -2.34. The van der Waals surface area contributed by atoms with Crippen LogP contribution in [0.15, 0.2) is 30.5 Å². The maximum atomic E-state index is 6.29. The van der Waals surface area contributed by atoms with E-state index in [0.717, 1.165) is 47.9 Å². The monoisotopic (exact) mass is 339 g/mol. The highest BCUT2D eigenvalue weighted by molar-refractivity contribution is 6.31. The van der Waals surface area contributed by atoms with Crippen molar-refractivity contribution in [1.29, 1.82) is 0 Å². The molecule has 122 valence electrons. The summed E-state index contributed by atoms with van der Waals surface area (Å²) in [6, 6.07) is 8.02. The SMILES string of the molecule is Clc1cc(CN2CCn3c(nnc3C3CC3)C2)c2ncccc2c1. The highest BCUT2D eigenvalue weighted by Gasteiger charge is 2.32. The largest absolute Gasteiger partial charge is 0.312 e. The first-order chi connectivity index (χ1) is 11.8. The summed E-state index contributed by atoms with van der Waals surface area (Å²) in [6.45, 7) is 3.64. The Balaban J connectivity index is 1.42. The predicted molar refractivity (Wildman–Crippen MR) is 92.9 cm³/mol. The minimum atomic E-state index is 0.652. The zero-order chi connectivity index (χ0) is 16.1. The van der Waals surface area contributed by atoms with Gasteiger partial charge in [-0.2, -0.15) is 0 Å². The highest BCUT2D eigenvalue weighted by Crippen LogP contribution is 2.39. The third-order valence-electron chi connectivity index (χ3n) is 4.95. The van der Waals surface area contributed by atoms with Crippen LogP contribution in [-0.4, -0.2) is 31.2 Å². The summed E-state index contributed by atoms with van der Waals surface area (Å²) in [7, 11) is 0. The molecular weight excluding hydrogens is 322 g/mol. The molecule has 1 aliphatic heterocycles. The Bertz CT molecular complexity index is 915. The van der Waals surface area contributed by atoms with Gasteiger partial charge in [-0.25, -0.2) is 0 Å². The molecule has 0 amide bonds. The average molecular weight is 340 g/mol. The van der Waals surface area contributed by atoms with Crippen molar-refractivity contribution in [2.75, 3.05) is 6.54 Å². The van der Waals surface area contributed by atoms with E-state index in [-0.39, 0.29) is 0 Å². The second-order valence-electron chi connectivity index (χ2n) is 6.75. The van der Waals surface area contributed by atoms with E-state index in [4.69, 9.17) is 11.6 Å². The van der Waals surface area contributed by atoms with Gasteiger partial charge in [0.15, 0.2) is 0 Å². The lowest BCUT2D eigenvalue weighted by molar-refractivity contribution is 0.208. The number of pyridine rings is 1. The van der Waals surface area contributed by atoms with Crippen LogP contribution in [0.4, 0.5) is 0 Å². The van der Waals surface area contributed by atoms with Crippen molar-refractivity contribution < 1.29 is 0 Å². The molecule has 0 bridgehead atoms. The van der Waals surface area contributed by atoms with Crippen LogP contribution < -0.4 is 0 Å². The van der Waals surface area contributed by atoms with E-state index in [1.807, 2.05) is 24.4 Å². The summed E-state index contributed by atoms with van der Waals surface area (Å²) in [5.74, 6) is 2.93. The van der Waals surface area contributed by atoms with Gasteiger partial charge in [0.25, 0.3) is 0 Å². The van der Waals surface area contributed by atoms with Gasteiger partial charge < -0.3 is 4.57 Å². The van der Waals surface area contributed by atoms with Gasteiger partial charge in [0.1, 0.15) is 11.6 Å². The zero-order valence-corrected chi connectivity index (χ0v) is 14.1. The number of nitrogens with zero attached hydrogens (tertiary/aromatic N) is 5. The molecule has 3 heterocycles. The first kappa shape index (κ1) is 14.4. The summed E-state index contributed by atoms with van der Waals surface area (Å²) in [6.07, 6.45) is 4.37. The third-order valence-corrected chi connectivity index (χ3v) is 5.16. The first-order valence-corrected chi connectivity index (χ1v) is 8.83. The maximum absolute atomic E-state index is 6.29. The van der Waals surface area contributed by atoms with E-state index >= 15 is 0 Å². The minimum Gasteiger partial charge on any atom is -0.312 e. The van der Waals surface area contributed by atoms with Gasteiger partial charge in [0, 0.05) is 42.2 Å². The van der Waals surface area contributed by atoms with Gasteiger partial charge in [-0.05, 0) is 36.6 Å². The Hall–Kier alpha value is -1.98. The Kier molecular flexibility index (Phi) is 3.31.